The van der Waals surface area contributed by atoms with E-state index in [1.807, 2.05) is 73.7 Å². The van der Waals surface area contributed by atoms with Gasteiger partial charge in [0.25, 0.3) is 0 Å². The number of hydrogen-bond acceptors (Lipinski definition) is 5. The summed E-state index contributed by atoms with van der Waals surface area (Å²) in [7, 11) is 0. The maximum Gasteiger partial charge on any atom is 0.303 e. The summed E-state index contributed by atoms with van der Waals surface area (Å²) >= 11 is 0. The number of nitrogens with zero attached hydrogens (tertiary/aromatic N) is 1. The van der Waals surface area contributed by atoms with Gasteiger partial charge in [-0.05, 0) is 49.1 Å². The van der Waals surface area contributed by atoms with E-state index < -0.39 is 28.6 Å². The van der Waals surface area contributed by atoms with Crippen molar-refractivity contribution in [3.63, 3.8) is 0 Å². The highest BCUT2D eigenvalue weighted by atomic mass is 16.5. The van der Waals surface area contributed by atoms with Crippen LogP contribution in [0, 0.1) is 5.41 Å². The van der Waals surface area contributed by atoms with Crippen LogP contribution in [-0.2, 0) is 19.9 Å². The van der Waals surface area contributed by atoms with Crippen molar-refractivity contribution in [3.8, 4) is 0 Å². The first-order chi connectivity index (χ1) is 18.6. The van der Waals surface area contributed by atoms with E-state index in [2.05, 4.69) is 30.9 Å². The van der Waals surface area contributed by atoms with Gasteiger partial charge in [0, 0.05) is 25.2 Å². The lowest BCUT2D eigenvalue weighted by Crippen LogP contribution is -2.61. The predicted molar refractivity (Wildman–Crippen MR) is 155 cm³/mol. The standard InChI is InChI=1S/C34H43NO4/c1-5-15-30(37)31(39-26(2)36)25-33(35-22-13-8-14-23-35)21-20-29(24-32(33,3)4)34(38,27-16-9-6-10-17-27)28-18-11-7-12-19-28/h6-7,9-12,16-21,24,31,38H,5,8,13-15,22-23,25H2,1-4H3. The number of Topliss-reactive ketones (excluding diaryl/α,β-unsaturated/α-hetero) is 1. The molecule has 2 aliphatic rings. The number of aliphatic hydroxyl groups is 1. The third kappa shape index (κ3) is 5.80. The first-order valence-corrected chi connectivity index (χ1v) is 14.3. The molecule has 0 bridgehead atoms. The molecule has 1 saturated heterocycles. The molecule has 2 atom stereocenters. The molecule has 39 heavy (non-hydrogen) atoms. The first-order valence-electron chi connectivity index (χ1n) is 14.3. The maximum absolute atomic E-state index is 13.2. The summed E-state index contributed by atoms with van der Waals surface area (Å²) in [6, 6.07) is 19.5. The van der Waals surface area contributed by atoms with E-state index in [0.29, 0.717) is 19.3 Å². The number of carbonyl (C=O) groups is 2. The van der Waals surface area contributed by atoms with Crippen LogP contribution in [0.2, 0.25) is 0 Å². The van der Waals surface area contributed by atoms with Crippen molar-refractivity contribution in [2.75, 3.05) is 13.1 Å². The molecule has 2 unspecified atom stereocenters. The Morgan fingerprint density at radius 3 is 2.03 bits per heavy atom. The van der Waals surface area contributed by atoms with Crippen LogP contribution in [0.4, 0.5) is 0 Å². The monoisotopic (exact) mass is 529 g/mol. The molecule has 0 aromatic heterocycles. The molecule has 208 valence electrons. The minimum atomic E-state index is -1.35. The molecule has 0 saturated carbocycles. The molecule has 2 aromatic rings. The second kappa shape index (κ2) is 12.0. The molecule has 5 nitrogen and oxygen atoms in total. The lowest BCUT2D eigenvalue weighted by molar-refractivity contribution is -0.156. The lowest BCUT2D eigenvalue weighted by atomic mass is 9.61. The van der Waals surface area contributed by atoms with Gasteiger partial charge in [0.1, 0.15) is 5.60 Å². The summed E-state index contributed by atoms with van der Waals surface area (Å²) < 4.78 is 5.69. The number of likely N-dealkylation sites (tertiary alicyclic amines) is 1. The Labute approximate surface area is 233 Å². The van der Waals surface area contributed by atoms with Crippen LogP contribution in [0.15, 0.2) is 84.5 Å². The molecule has 2 aromatic carbocycles. The average molecular weight is 530 g/mol. The summed E-state index contributed by atoms with van der Waals surface area (Å²) in [5, 5.41) is 12.5. The Morgan fingerprint density at radius 1 is 0.974 bits per heavy atom. The van der Waals surface area contributed by atoms with Crippen molar-refractivity contribution in [2.45, 2.75) is 83.5 Å². The molecule has 1 N–H and O–H groups in total. The summed E-state index contributed by atoms with van der Waals surface area (Å²) in [5.74, 6) is -0.470. The normalized spacial score (nSPS) is 22.1. The van der Waals surface area contributed by atoms with Crippen molar-refractivity contribution in [1.82, 2.24) is 4.90 Å². The Bertz CT molecular complexity index is 1150. The Morgan fingerprint density at radius 2 is 1.54 bits per heavy atom. The van der Waals surface area contributed by atoms with Gasteiger partial charge in [-0.15, -0.1) is 0 Å². The highest BCUT2D eigenvalue weighted by Crippen LogP contribution is 2.50. The van der Waals surface area contributed by atoms with E-state index in [0.717, 1.165) is 42.6 Å². The number of rotatable bonds is 10. The summed E-state index contributed by atoms with van der Waals surface area (Å²) in [5.41, 5.74) is -0.0153. The molecule has 1 heterocycles. The number of ketones is 1. The van der Waals surface area contributed by atoms with Crippen molar-refractivity contribution >= 4 is 11.8 Å². The fourth-order valence-corrected chi connectivity index (χ4v) is 6.47. The summed E-state index contributed by atoms with van der Waals surface area (Å²) in [4.78, 5) is 27.8. The number of esters is 1. The minimum absolute atomic E-state index is 0.0341. The van der Waals surface area contributed by atoms with Gasteiger partial charge < -0.3 is 9.84 Å². The third-order valence-electron chi connectivity index (χ3n) is 8.55. The van der Waals surface area contributed by atoms with E-state index in [1.54, 1.807) is 0 Å². The number of hydrogen-bond donors (Lipinski definition) is 1. The van der Waals surface area contributed by atoms with Crippen molar-refractivity contribution in [1.29, 1.82) is 0 Å². The average Bonchev–Trinajstić information content (AvgIpc) is 2.94. The molecular weight excluding hydrogens is 486 g/mol. The highest BCUT2D eigenvalue weighted by Gasteiger charge is 2.52. The molecule has 4 rings (SSSR count). The summed E-state index contributed by atoms with van der Waals surface area (Å²) in [6.45, 7) is 9.52. The zero-order valence-corrected chi connectivity index (χ0v) is 23.9. The van der Waals surface area contributed by atoms with E-state index in [1.165, 1.54) is 13.3 Å². The van der Waals surface area contributed by atoms with Gasteiger partial charge >= 0.3 is 5.97 Å². The van der Waals surface area contributed by atoms with Crippen LogP contribution < -0.4 is 0 Å². The quantitative estimate of drug-likeness (QED) is 0.363. The molecule has 0 spiro atoms. The number of piperidine rings is 1. The fourth-order valence-electron chi connectivity index (χ4n) is 6.47. The minimum Gasteiger partial charge on any atom is -0.454 e. The Kier molecular flexibility index (Phi) is 8.93. The van der Waals surface area contributed by atoms with Crippen LogP contribution in [0.25, 0.3) is 0 Å². The maximum atomic E-state index is 13.2. The van der Waals surface area contributed by atoms with Gasteiger partial charge in [-0.25, -0.2) is 0 Å². The second-order valence-electron chi connectivity index (χ2n) is 11.6. The first kappa shape index (κ1) is 29.0. The van der Waals surface area contributed by atoms with Crippen molar-refractivity contribution in [3.05, 3.63) is 95.6 Å². The van der Waals surface area contributed by atoms with Gasteiger partial charge in [-0.2, -0.15) is 0 Å². The van der Waals surface area contributed by atoms with Crippen LogP contribution in [0.5, 0.6) is 0 Å². The molecule has 0 radical (unpaired) electrons. The smallest absolute Gasteiger partial charge is 0.303 e. The van der Waals surface area contributed by atoms with Gasteiger partial charge in [-0.3, -0.25) is 14.5 Å². The number of ether oxygens (including phenoxy) is 1. The van der Waals surface area contributed by atoms with Crippen molar-refractivity contribution in [2.24, 2.45) is 5.41 Å². The molecule has 5 heteroatoms. The van der Waals surface area contributed by atoms with E-state index in [9.17, 15) is 14.7 Å². The number of carbonyl (C=O) groups excluding carboxylic acids is 2. The Balaban J connectivity index is 1.83. The lowest BCUT2D eigenvalue weighted by Gasteiger charge is -2.55. The number of benzene rings is 2. The van der Waals surface area contributed by atoms with Gasteiger partial charge in [-0.1, -0.05) is 106 Å². The van der Waals surface area contributed by atoms with Crippen LogP contribution in [0.3, 0.4) is 0 Å². The Hall–Kier alpha value is -3.02. The third-order valence-corrected chi connectivity index (χ3v) is 8.55. The van der Waals surface area contributed by atoms with Crippen LogP contribution in [0.1, 0.15) is 77.3 Å². The summed E-state index contributed by atoms with van der Waals surface area (Å²) in [6.07, 6.45) is 10.4. The van der Waals surface area contributed by atoms with Crippen molar-refractivity contribution < 1.29 is 19.4 Å². The zero-order chi connectivity index (χ0) is 28.1. The zero-order valence-electron chi connectivity index (χ0n) is 23.9. The molecule has 1 aliphatic carbocycles. The van der Waals surface area contributed by atoms with E-state index in [-0.39, 0.29) is 5.78 Å². The van der Waals surface area contributed by atoms with Gasteiger partial charge in [0.05, 0.1) is 5.54 Å². The second-order valence-corrected chi connectivity index (χ2v) is 11.6. The van der Waals surface area contributed by atoms with E-state index in [4.69, 9.17) is 4.74 Å². The van der Waals surface area contributed by atoms with Gasteiger partial charge in [0.15, 0.2) is 11.9 Å². The molecular formula is C34H43NO4. The van der Waals surface area contributed by atoms with Gasteiger partial charge in [0.2, 0.25) is 0 Å². The van der Waals surface area contributed by atoms with E-state index >= 15 is 0 Å². The molecule has 1 aliphatic heterocycles. The molecule has 1 fully saturated rings. The molecule has 0 amide bonds. The van der Waals surface area contributed by atoms with Crippen LogP contribution >= 0.6 is 0 Å². The fraction of sp³-hybridized carbons (Fsp3) is 0.471. The highest BCUT2D eigenvalue weighted by molar-refractivity contribution is 5.85. The van der Waals surface area contributed by atoms with Crippen LogP contribution in [-0.4, -0.2) is 46.5 Å². The largest absolute Gasteiger partial charge is 0.454 e. The SMILES string of the molecule is CCCC(=O)C(CC1(N2CCCCC2)C=CC(C(O)(c2ccccc2)c2ccccc2)=CC1(C)C)OC(C)=O. The predicted octanol–water partition coefficient (Wildman–Crippen LogP) is 6.36. The topological polar surface area (TPSA) is 66.8 Å².